The maximum atomic E-state index is 11.9. The summed E-state index contributed by atoms with van der Waals surface area (Å²) in [6, 6.07) is 0. The quantitative estimate of drug-likeness (QED) is 0.835. The second-order valence-corrected chi connectivity index (χ2v) is 6.21. The Hall–Kier alpha value is -0.110. The number of hydrogen-bond acceptors (Lipinski definition) is 5. The molecule has 22 heavy (non-hydrogen) atoms. The molecule has 1 aromatic rings. The molecular formula is C13H25Cl3N4OS. The van der Waals surface area contributed by atoms with Crippen molar-refractivity contribution < 1.29 is 4.79 Å². The van der Waals surface area contributed by atoms with Crippen LogP contribution in [0.2, 0.25) is 0 Å². The van der Waals surface area contributed by atoms with E-state index in [0.717, 1.165) is 44.2 Å². The average Bonchev–Trinajstić information content (AvgIpc) is 2.82. The van der Waals surface area contributed by atoms with Crippen LogP contribution in [0.5, 0.6) is 0 Å². The van der Waals surface area contributed by atoms with Gasteiger partial charge in [0.2, 0.25) is 5.91 Å². The first-order chi connectivity index (χ1) is 9.19. The van der Waals surface area contributed by atoms with Crippen molar-refractivity contribution >= 4 is 54.5 Å². The van der Waals surface area contributed by atoms with Gasteiger partial charge >= 0.3 is 0 Å². The molecule has 2 rings (SSSR count). The Balaban J connectivity index is 0. The summed E-state index contributed by atoms with van der Waals surface area (Å²) >= 11 is 1.75. The number of piperazine rings is 1. The van der Waals surface area contributed by atoms with Gasteiger partial charge in [-0.1, -0.05) is 0 Å². The number of carbonyl (C=O) groups excluding carboxylic acids is 1. The Bertz CT molecular complexity index is 425. The Kier molecular flexibility index (Phi) is 13.5. The zero-order valence-corrected chi connectivity index (χ0v) is 16.0. The van der Waals surface area contributed by atoms with E-state index in [1.54, 1.807) is 11.3 Å². The number of thiazole rings is 1. The maximum absolute atomic E-state index is 11.9. The molecule has 130 valence electrons. The molecule has 1 fully saturated rings. The molecule has 0 atom stereocenters. The number of amides is 1. The number of aryl methyl sites for hydroxylation is 1. The number of carbonyl (C=O) groups is 1. The van der Waals surface area contributed by atoms with E-state index in [0.29, 0.717) is 13.0 Å². The van der Waals surface area contributed by atoms with Crippen LogP contribution in [0.3, 0.4) is 0 Å². The second kappa shape index (κ2) is 12.3. The van der Waals surface area contributed by atoms with Crippen molar-refractivity contribution in [1.82, 2.24) is 14.8 Å². The van der Waals surface area contributed by atoms with Gasteiger partial charge in [-0.25, -0.2) is 4.98 Å². The Morgan fingerprint density at radius 3 is 2.41 bits per heavy atom. The van der Waals surface area contributed by atoms with Crippen molar-refractivity contribution in [2.45, 2.75) is 26.3 Å². The van der Waals surface area contributed by atoms with E-state index in [4.69, 9.17) is 5.73 Å². The molecule has 0 spiro atoms. The molecule has 0 radical (unpaired) electrons. The second-order valence-electron chi connectivity index (χ2n) is 4.89. The summed E-state index contributed by atoms with van der Waals surface area (Å²) in [4.78, 5) is 21.8. The van der Waals surface area contributed by atoms with Gasteiger partial charge in [-0.05, 0) is 19.9 Å². The van der Waals surface area contributed by atoms with E-state index in [9.17, 15) is 4.79 Å². The van der Waals surface area contributed by atoms with Gasteiger partial charge in [-0.2, -0.15) is 0 Å². The highest BCUT2D eigenvalue weighted by atomic mass is 35.5. The predicted octanol–water partition coefficient (Wildman–Crippen LogP) is 2.10. The van der Waals surface area contributed by atoms with Crippen LogP contribution in [0.25, 0.3) is 0 Å². The van der Waals surface area contributed by atoms with Gasteiger partial charge in [0.15, 0.2) is 0 Å². The third-order valence-electron chi connectivity index (χ3n) is 3.37. The number of halogens is 3. The third kappa shape index (κ3) is 7.44. The van der Waals surface area contributed by atoms with Crippen LogP contribution in [0.4, 0.5) is 0 Å². The van der Waals surface area contributed by atoms with Crippen molar-refractivity contribution in [2.75, 3.05) is 32.7 Å². The summed E-state index contributed by atoms with van der Waals surface area (Å²) in [6.07, 6.45) is 3.34. The highest BCUT2D eigenvalue weighted by molar-refractivity contribution is 7.11. The molecule has 1 aliphatic heterocycles. The first kappa shape index (κ1) is 24.1. The van der Waals surface area contributed by atoms with Gasteiger partial charge in [-0.3, -0.25) is 9.69 Å². The van der Waals surface area contributed by atoms with Crippen LogP contribution in [0, 0.1) is 6.92 Å². The minimum atomic E-state index is 0. The van der Waals surface area contributed by atoms with Gasteiger partial charge in [0.05, 0.1) is 5.01 Å². The lowest BCUT2D eigenvalue weighted by atomic mass is 10.2. The molecule has 9 heteroatoms. The number of nitrogens with two attached hydrogens (primary N) is 1. The molecule has 1 aromatic heterocycles. The Labute approximate surface area is 154 Å². The normalized spacial score (nSPS) is 14.5. The molecule has 0 aromatic carbocycles. The molecule has 1 amide bonds. The smallest absolute Gasteiger partial charge is 0.222 e. The van der Waals surface area contributed by atoms with Crippen LogP contribution < -0.4 is 5.73 Å². The largest absolute Gasteiger partial charge is 0.340 e. The summed E-state index contributed by atoms with van der Waals surface area (Å²) in [5, 5.41) is 1.12. The van der Waals surface area contributed by atoms with E-state index in [2.05, 4.69) is 9.88 Å². The van der Waals surface area contributed by atoms with Gasteiger partial charge in [-0.15, -0.1) is 48.6 Å². The molecule has 0 unspecified atom stereocenters. The summed E-state index contributed by atoms with van der Waals surface area (Å²) in [5.41, 5.74) is 5.43. The topological polar surface area (TPSA) is 62.5 Å². The first-order valence-corrected chi connectivity index (χ1v) is 7.62. The summed E-state index contributed by atoms with van der Waals surface area (Å²) in [7, 11) is 0. The van der Waals surface area contributed by atoms with Crippen LogP contribution >= 0.6 is 48.6 Å². The van der Waals surface area contributed by atoms with Crippen molar-refractivity contribution in [2.24, 2.45) is 5.73 Å². The summed E-state index contributed by atoms with van der Waals surface area (Å²) < 4.78 is 0. The van der Waals surface area contributed by atoms with Crippen molar-refractivity contribution in [3.63, 3.8) is 0 Å². The highest BCUT2D eigenvalue weighted by Crippen LogP contribution is 2.15. The van der Waals surface area contributed by atoms with E-state index in [1.807, 2.05) is 18.0 Å². The average molecular weight is 392 g/mol. The van der Waals surface area contributed by atoms with E-state index >= 15 is 0 Å². The molecule has 5 nitrogen and oxygen atoms in total. The zero-order chi connectivity index (χ0) is 13.7. The fraction of sp³-hybridized carbons (Fsp3) is 0.692. The lowest BCUT2D eigenvalue weighted by molar-refractivity contribution is -0.133. The zero-order valence-electron chi connectivity index (χ0n) is 12.7. The number of rotatable bonds is 5. The molecule has 1 aliphatic rings. The van der Waals surface area contributed by atoms with E-state index in [-0.39, 0.29) is 43.1 Å². The predicted molar refractivity (Wildman–Crippen MR) is 98.7 cm³/mol. The minimum absolute atomic E-state index is 0. The fourth-order valence-corrected chi connectivity index (χ4v) is 3.10. The van der Waals surface area contributed by atoms with Crippen LogP contribution in [0.15, 0.2) is 6.20 Å². The van der Waals surface area contributed by atoms with Gasteiger partial charge < -0.3 is 10.6 Å². The van der Waals surface area contributed by atoms with Crippen molar-refractivity contribution in [3.05, 3.63) is 16.1 Å². The van der Waals surface area contributed by atoms with Crippen molar-refractivity contribution in [1.29, 1.82) is 0 Å². The van der Waals surface area contributed by atoms with E-state index in [1.165, 1.54) is 4.88 Å². The van der Waals surface area contributed by atoms with Crippen LogP contribution in [-0.4, -0.2) is 53.4 Å². The van der Waals surface area contributed by atoms with Gasteiger partial charge in [0.25, 0.3) is 0 Å². The molecule has 0 saturated carbocycles. The molecule has 1 saturated heterocycles. The molecule has 2 N–H and O–H groups in total. The minimum Gasteiger partial charge on any atom is -0.340 e. The summed E-state index contributed by atoms with van der Waals surface area (Å²) in [5.74, 6) is 0.249. The van der Waals surface area contributed by atoms with E-state index < -0.39 is 0 Å². The van der Waals surface area contributed by atoms with Crippen LogP contribution in [0.1, 0.15) is 22.7 Å². The fourth-order valence-electron chi connectivity index (χ4n) is 2.27. The Morgan fingerprint density at radius 1 is 1.27 bits per heavy atom. The maximum Gasteiger partial charge on any atom is 0.222 e. The number of aromatic nitrogens is 1. The standard InChI is InChI=1S/C13H22N4OS.3ClH/c1-11-15-9-12(19-11)10-16-5-7-17(8-6-16)13(18)3-2-4-14;;;/h9H,2-8,10,14H2,1H3;3*1H. The third-order valence-corrected chi connectivity index (χ3v) is 4.27. The molecule has 0 bridgehead atoms. The monoisotopic (exact) mass is 390 g/mol. The van der Waals surface area contributed by atoms with Gasteiger partial charge in [0.1, 0.15) is 0 Å². The molecule has 2 heterocycles. The van der Waals surface area contributed by atoms with Gasteiger partial charge in [0, 0.05) is 50.2 Å². The first-order valence-electron chi connectivity index (χ1n) is 6.80. The van der Waals surface area contributed by atoms with Crippen LogP contribution in [-0.2, 0) is 11.3 Å². The molecular weight excluding hydrogens is 367 g/mol. The highest BCUT2D eigenvalue weighted by Gasteiger charge is 2.20. The van der Waals surface area contributed by atoms with Crippen molar-refractivity contribution in [3.8, 4) is 0 Å². The molecule has 0 aliphatic carbocycles. The Morgan fingerprint density at radius 2 is 1.91 bits per heavy atom. The lowest BCUT2D eigenvalue weighted by Crippen LogP contribution is -2.48. The lowest BCUT2D eigenvalue weighted by Gasteiger charge is -2.34. The SMILES string of the molecule is Cc1ncc(CN2CCN(C(=O)CCCN)CC2)s1.Cl.Cl.Cl. The number of hydrogen-bond donors (Lipinski definition) is 1. The summed E-state index contributed by atoms with van der Waals surface area (Å²) in [6.45, 7) is 7.15. The number of nitrogens with zero attached hydrogens (tertiary/aromatic N) is 3.